The van der Waals surface area contributed by atoms with Gasteiger partial charge in [0.05, 0.1) is 25.5 Å². The van der Waals surface area contributed by atoms with Crippen molar-refractivity contribution in [3.8, 4) is 11.8 Å². The summed E-state index contributed by atoms with van der Waals surface area (Å²) in [5.41, 5.74) is 5.77. The number of amides is 2. The summed E-state index contributed by atoms with van der Waals surface area (Å²) in [6.07, 6.45) is 3.01. The maximum Gasteiger partial charge on any atom is 0.248 e. The lowest BCUT2D eigenvalue weighted by molar-refractivity contribution is -0.138. The van der Waals surface area contributed by atoms with Crippen molar-refractivity contribution in [2.24, 2.45) is 11.7 Å². The van der Waals surface area contributed by atoms with Gasteiger partial charge in [0.25, 0.3) is 0 Å². The Hall–Kier alpha value is -3.18. The Morgan fingerprint density at radius 1 is 1.39 bits per heavy atom. The zero-order chi connectivity index (χ0) is 20.1. The Kier molecular flexibility index (Phi) is 6.06. The monoisotopic (exact) mass is 382 g/mol. The first kappa shape index (κ1) is 19.6. The van der Waals surface area contributed by atoms with Gasteiger partial charge in [-0.15, -0.1) is 0 Å². The maximum absolute atomic E-state index is 11.5. The van der Waals surface area contributed by atoms with Gasteiger partial charge in [0.2, 0.25) is 11.8 Å². The fraction of sp³-hybridized carbons (Fsp3) is 0.400. The molecule has 146 valence electrons. The minimum absolute atomic E-state index is 0.0744. The molecule has 1 aliphatic heterocycles. The molecule has 0 bridgehead atoms. The van der Waals surface area contributed by atoms with Crippen LogP contribution in [-0.4, -0.2) is 54.1 Å². The molecule has 2 aromatic rings. The van der Waals surface area contributed by atoms with Crippen LogP contribution in [0.1, 0.15) is 23.7 Å². The SMILES string of the molecule is CC(COCC1CN(C(=O)CC#N)C1)Oc1cncc2ccc(C(N)=O)cc12. The Balaban J connectivity index is 1.50. The smallest absolute Gasteiger partial charge is 0.248 e. The molecule has 1 atom stereocenters. The Morgan fingerprint density at radius 3 is 2.89 bits per heavy atom. The fourth-order valence-electron chi connectivity index (χ4n) is 3.09. The standard InChI is InChI=1S/C20H22N4O4/c1-13(11-27-12-14-9-24(10-14)19(25)4-5-21)28-18-8-23-7-16-3-2-15(20(22)26)6-17(16)18/h2-3,6-8,13-14H,4,9-12H2,1H3,(H2,22,26). The zero-order valence-corrected chi connectivity index (χ0v) is 15.6. The number of hydrogen-bond acceptors (Lipinski definition) is 6. The molecule has 1 aromatic carbocycles. The number of likely N-dealkylation sites (tertiary alicyclic amines) is 1. The number of ether oxygens (including phenoxy) is 2. The first-order valence-electron chi connectivity index (χ1n) is 9.04. The molecule has 1 aliphatic rings. The van der Waals surface area contributed by atoms with E-state index in [9.17, 15) is 9.59 Å². The summed E-state index contributed by atoms with van der Waals surface area (Å²) in [6, 6.07) is 7.01. The number of hydrogen-bond donors (Lipinski definition) is 1. The minimum Gasteiger partial charge on any atom is -0.486 e. The number of nitrogens with zero attached hydrogens (tertiary/aromatic N) is 3. The molecule has 0 aliphatic carbocycles. The van der Waals surface area contributed by atoms with Gasteiger partial charge < -0.3 is 20.1 Å². The van der Waals surface area contributed by atoms with Crippen LogP contribution in [0.4, 0.5) is 0 Å². The Morgan fingerprint density at radius 2 is 2.18 bits per heavy atom. The second kappa shape index (κ2) is 8.67. The number of rotatable bonds is 8. The van der Waals surface area contributed by atoms with Gasteiger partial charge in [0.15, 0.2) is 0 Å². The van der Waals surface area contributed by atoms with Crippen LogP contribution in [0.3, 0.4) is 0 Å². The van der Waals surface area contributed by atoms with Crippen molar-refractivity contribution < 1.29 is 19.1 Å². The molecule has 28 heavy (non-hydrogen) atoms. The molecular formula is C20H22N4O4. The summed E-state index contributed by atoms with van der Waals surface area (Å²) < 4.78 is 11.7. The molecule has 1 unspecified atom stereocenters. The van der Waals surface area contributed by atoms with Crippen molar-refractivity contribution in [2.75, 3.05) is 26.3 Å². The van der Waals surface area contributed by atoms with Crippen LogP contribution < -0.4 is 10.5 Å². The van der Waals surface area contributed by atoms with Crippen molar-refractivity contribution >= 4 is 22.6 Å². The number of fused-ring (bicyclic) bond motifs is 1. The van der Waals surface area contributed by atoms with Gasteiger partial charge in [-0.1, -0.05) is 6.07 Å². The average Bonchev–Trinajstić information content (AvgIpc) is 2.63. The van der Waals surface area contributed by atoms with E-state index in [0.29, 0.717) is 37.6 Å². The second-order valence-electron chi connectivity index (χ2n) is 6.90. The van der Waals surface area contributed by atoms with Crippen molar-refractivity contribution in [2.45, 2.75) is 19.4 Å². The Labute approximate surface area is 162 Å². The number of carbonyl (C=O) groups excluding carboxylic acids is 2. The molecule has 1 fully saturated rings. The van der Waals surface area contributed by atoms with Crippen LogP contribution in [0, 0.1) is 17.2 Å². The van der Waals surface area contributed by atoms with E-state index in [4.69, 9.17) is 20.5 Å². The average molecular weight is 382 g/mol. The van der Waals surface area contributed by atoms with Crippen LogP contribution in [0.2, 0.25) is 0 Å². The highest BCUT2D eigenvalue weighted by atomic mass is 16.5. The number of pyridine rings is 1. The number of aromatic nitrogens is 1. The van der Waals surface area contributed by atoms with Crippen molar-refractivity contribution in [1.82, 2.24) is 9.88 Å². The number of nitrogens with two attached hydrogens (primary N) is 1. The molecule has 2 amide bonds. The van der Waals surface area contributed by atoms with E-state index in [2.05, 4.69) is 4.98 Å². The van der Waals surface area contributed by atoms with E-state index in [1.54, 1.807) is 35.5 Å². The molecule has 8 nitrogen and oxygen atoms in total. The molecule has 2 N–H and O–H groups in total. The summed E-state index contributed by atoms with van der Waals surface area (Å²) in [4.78, 5) is 28.8. The molecule has 0 spiro atoms. The van der Waals surface area contributed by atoms with Crippen LogP contribution in [0.15, 0.2) is 30.6 Å². The fourth-order valence-corrected chi connectivity index (χ4v) is 3.09. The maximum atomic E-state index is 11.5. The van der Waals surface area contributed by atoms with Gasteiger partial charge in [-0.25, -0.2) is 0 Å². The summed E-state index contributed by atoms with van der Waals surface area (Å²) in [7, 11) is 0. The summed E-state index contributed by atoms with van der Waals surface area (Å²) in [5, 5.41) is 10.2. The molecular weight excluding hydrogens is 360 g/mol. The Bertz CT molecular complexity index is 918. The molecule has 8 heteroatoms. The van der Waals surface area contributed by atoms with Crippen LogP contribution >= 0.6 is 0 Å². The summed E-state index contributed by atoms with van der Waals surface area (Å²) in [5.74, 6) is 0.221. The molecule has 0 radical (unpaired) electrons. The third kappa shape index (κ3) is 4.56. The predicted molar refractivity (Wildman–Crippen MR) is 101 cm³/mol. The van der Waals surface area contributed by atoms with Crippen molar-refractivity contribution in [3.05, 3.63) is 36.2 Å². The minimum atomic E-state index is -0.496. The van der Waals surface area contributed by atoms with Gasteiger partial charge >= 0.3 is 0 Å². The molecule has 1 saturated heterocycles. The lowest BCUT2D eigenvalue weighted by Gasteiger charge is -2.38. The highest BCUT2D eigenvalue weighted by Gasteiger charge is 2.30. The quantitative estimate of drug-likeness (QED) is 0.739. The van der Waals surface area contributed by atoms with Gasteiger partial charge in [0.1, 0.15) is 18.3 Å². The van der Waals surface area contributed by atoms with Gasteiger partial charge in [-0.05, 0) is 19.1 Å². The third-order valence-corrected chi connectivity index (χ3v) is 4.58. The van der Waals surface area contributed by atoms with Gasteiger partial charge in [-0.3, -0.25) is 14.6 Å². The second-order valence-corrected chi connectivity index (χ2v) is 6.90. The van der Waals surface area contributed by atoms with E-state index < -0.39 is 5.91 Å². The normalized spacial score (nSPS) is 14.9. The lowest BCUT2D eigenvalue weighted by Crippen LogP contribution is -2.51. The number of benzene rings is 1. The van der Waals surface area contributed by atoms with Crippen molar-refractivity contribution in [1.29, 1.82) is 5.26 Å². The molecule has 3 rings (SSSR count). The third-order valence-electron chi connectivity index (χ3n) is 4.58. The summed E-state index contributed by atoms with van der Waals surface area (Å²) in [6.45, 7) is 4.05. The van der Waals surface area contributed by atoms with E-state index in [1.807, 2.05) is 13.0 Å². The zero-order valence-electron chi connectivity index (χ0n) is 15.6. The number of primary amides is 1. The topological polar surface area (TPSA) is 119 Å². The van der Waals surface area contributed by atoms with E-state index in [-0.39, 0.29) is 24.3 Å². The largest absolute Gasteiger partial charge is 0.486 e. The number of nitriles is 1. The number of carbonyl (C=O) groups is 2. The van der Waals surface area contributed by atoms with E-state index >= 15 is 0 Å². The van der Waals surface area contributed by atoms with Crippen LogP contribution in [0.5, 0.6) is 5.75 Å². The molecule has 1 aromatic heterocycles. The van der Waals surface area contributed by atoms with Crippen LogP contribution in [-0.2, 0) is 9.53 Å². The lowest BCUT2D eigenvalue weighted by atomic mass is 10.0. The van der Waals surface area contributed by atoms with Gasteiger partial charge in [-0.2, -0.15) is 5.26 Å². The first-order valence-corrected chi connectivity index (χ1v) is 9.04. The van der Waals surface area contributed by atoms with Crippen molar-refractivity contribution in [3.63, 3.8) is 0 Å². The van der Waals surface area contributed by atoms with E-state index in [1.165, 1.54) is 0 Å². The van der Waals surface area contributed by atoms with Crippen LogP contribution in [0.25, 0.3) is 10.8 Å². The molecule has 2 heterocycles. The van der Waals surface area contributed by atoms with E-state index in [0.717, 1.165) is 10.8 Å². The van der Waals surface area contributed by atoms with Gasteiger partial charge in [0, 0.05) is 41.5 Å². The first-order chi connectivity index (χ1) is 13.5. The highest BCUT2D eigenvalue weighted by molar-refractivity contribution is 5.99. The predicted octanol–water partition coefficient (Wildman–Crippen LogP) is 1.49. The summed E-state index contributed by atoms with van der Waals surface area (Å²) >= 11 is 0. The highest BCUT2D eigenvalue weighted by Crippen LogP contribution is 2.26. The molecule has 0 saturated carbocycles.